The van der Waals surface area contributed by atoms with Crippen LogP contribution in [-0.2, 0) is 19.1 Å². The van der Waals surface area contributed by atoms with Crippen LogP contribution in [0.2, 0.25) is 0 Å². The van der Waals surface area contributed by atoms with Crippen LogP contribution >= 0.6 is 0 Å². The summed E-state index contributed by atoms with van der Waals surface area (Å²) >= 11 is 0. The number of likely N-dealkylation sites (N-methyl/N-ethyl adjacent to an activating group) is 1. The van der Waals surface area contributed by atoms with Gasteiger partial charge in [-0.3, -0.25) is 14.4 Å². The molecule has 7 heteroatoms. The normalized spacial score (nSPS) is 10.8. The van der Waals surface area contributed by atoms with Gasteiger partial charge in [0, 0.05) is 44.8 Å². The van der Waals surface area contributed by atoms with Crippen molar-refractivity contribution in [1.82, 2.24) is 10.2 Å². The van der Waals surface area contributed by atoms with Crippen molar-refractivity contribution in [3.8, 4) is 0 Å². The third kappa shape index (κ3) is 7.52. The summed E-state index contributed by atoms with van der Waals surface area (Å²) in [6.07, 6.45) is 3.71. The highest BCUT2D eigenvalue weighted by Gasteiger charge is 2.09. The lowest BCUT2D eigenvalue weighted by molar-refractivity contribution is -0.140. The number of carbonyl (C=O) groups is 3. The summed E-state index contributed by atoms with van der Waals surface area (Å²) in [7, 11) is 2.81. The number of hydrogen-bond acceptors (Lipinski definition) is 5. The Balaban J connectivity index is 4.38. The molecule has 0 bridgehead atoms. The van der Waals surface area contributed by atoms with E-state index in [1.807, 2.05) is 0 Å². The van der Waals surface area contributed by atoms with E-state index in [2.05, 4.69) is 10.1 Å². The highest BCUT2D eigenvalue weighted by Crippen LogP contribution is 2.05. The molecule has 0 aromatic carbocycles. The number of unbranched alkanes of at least 4 members (excludes halogenated alkanes) is 1. The first kappa shape index (κ1) is 18.1. The molecule has 0 aliphatic carbocycles. The average molecular weight is 286 g/mol. The molecule has 114 valence electrons. The lowest BCUT2D eigenvalue weighted by Gasteiger charge is -2.14. The average Bonchev–Trinajstić information content (AvgIpc) is 2.47. The lowest BCUT2D eigenvalue weighted by atomic mass is 10.2. The molecule has 0 saturated carbocycles. The van der Waals surface area contributed by atoms with Crippen LogP contribution in [0.1, 0.15) is 25.7 Å². The molecule has 0 rings (SSSR count). The van der Waals surface area contributed by atoms with E-state index in [1.165, 1.54) is 25.3 Å². The molecule has 0 radical (unpaired) electrons. The van der Waals surface area contributed by atoms with Crippen LogP contribution in [0.15, 0.2) is 11.8 Å². The molecule has 0 saturated heterocycles. The van der Waals surface area contributed by atoms with E-state index in [4.69, 9.17) is 5.11 Å². The van der Waals surface area contributed by atoms with E-state index >= 15 is 0 Å². The van der Waals surface area contributed by atoms with Crippen LogP contribution < -0.4 is 5.32 Å². The van der Waals surface area contributed by atoms with Gasteiger partial charge in [0.05, 0.1) is 7.11 Å². The second-order valence-corrected chi connectivity index (χ2v) is 4.08. The molecule has 20 heavy (non-hydrogen) atoms. The first-order valence-electron chi connectivity index (χ1n) is 6.40. The molecule has 0 aromatic rings. The molecule has 0 heterocycles. The number of nitrogens with one attached hydrogen (secondary N) is 1. The Morgan fingerprint density at radius 2 is 2.00 bits per heavy atom. The van der Waals surface area contributed by atoms with Crippen molar-refractivity contribution in [2.24, 2.45) is 0 Å². The number of nitrogens with zero attached hydrogens (tertiary/aromatic N) is 1. The number of rotatable bonds is 10. The molecule has 7 nitrogen and oxygen atoms in total. The maximum absolute atomic E-state index is 11.5. The number of carbonyl (C=O) groups excluding carboxylic acids is 3. The largest absolute Gasteiger partial charge is 0.469 e. The molecule has 0 aliphatic heterocycles. The highest BCUT2D eigenvalue weighted by atomic mass is 16.5. The minimum atomic E-state index is -0.333. The van der Waals surface area contributed by atoms with Crippen LogP contribution in [0.5, 0.6) is 0 Å². The van der Waals surface area contributed by atoms with Crippen molar-refractivity contribution in [1.29, 1.82) is 0 Å². The number of hydrogen-bond donors (Lipinski definition) is 2. The summed E-state index contributed by atoms with van der Waals surface area (Å²) in [5, 5.41) is 11.3. The van der Waals surface area contributed by atoms with Gasteiger partial charge in [-0.15, -0.1) is 0 Å². The fourth-order valence-electron chi connectivity index (χ4n) is 1.53. The first-order valence-corrected chi connectivity index (χ1v) is 6.40. The Morgan fingerprint density at radius 1 is 1.30 bits per heavy atom. The molecular weight excluding hydrogens is 264 g/mol. The summed E-state index contributed by atoms with van der Waals surface area (Å²) < 4.78 is 4.51. The summed E-state index contributed by atoms with van der Waals surface area (Å²) in [5.41, 5.74) is 0.329. The molecular formula is C13H22N2O5. The van der Waals surface area contributed by atoms with Gasteiger partial charge in [0.1, 0.15) is 0 Å². The van der Waals surface area contributed by atoms with Crippen LogP contribution in [-0.4, -0.2) is 55.6 Å². The quantitative estimate of drug-likeness (QED) is 0.251. The maximum atomic E-state index is 11.5. The van der Waals surface area contributed by atoms with E-state index in [1.54, 1.807) is 0 Å². The molecule has 2 N–H and O–H groups in total. The Bertz CT molecular complexity index is 355. The minimum absolute atomic E-state index is 0.172. The number of amides is 2. The van der Waals surface area contributed by atoms with Crippen molar-refractivity contribution in [2.45, 2.75) is 25.7 Å². The number of ether oxygens (including phenoxy) is 1. The minimum Gasteiger partial charge on any atom is -0.469 e. The fraction of sp³-hybridized carbons (Fsp3) is 0.615. The molecule has 0 unspecified atom stereocenters. The van der Waals surface area contributed by atoms with Gasteiger partial charge in [-0.2, -0.15) is 0 Å². The zero-order valence-electron chi connectivity index (χ0n) is 11.9. The second kappa shape index (κ2) is 11.0. The van der Waals surface area contributed by atoms with Crippen molar-refractivity contribution in [3.05, 3.63) is 11.8 Å². The fourth-order valence-corrected chi connectivity index (χ4v) is 1.53. The SMILES string of the molecule is CNC(=O)/C(=C\N(C=O)CCCCC(=O)OC)CCO. The van der Waals surface area contributed by atoms with Crippen molar-refractivity contribution in [3.63, 3.8) is 0 Å². The van der Waals surface area contributed by atoms with Gasteiger partial charge < -0.3 is 20.1 Å². The summed E-state index contributed by atoms with van der Waals surface area (Å²) in [6, 6.07) is 0. The predicted octanol–water partition coefficient (Wildman–Crippen LogP) is -0.200. The van der Waals surface area contributed by atoms with Crippen LogP contribution in [0.25, 0.3) is 0 Å². The van der Waals surface area contributed by atoms with Crippen LogP contribution in [0.4, 0.5) is 0 Å². The molecule has 0 aromatic heterocycles. The van der Waals surface area contributed by atoms with Gasteiger partial charge >= 0.3 is 5.97 Å². The standard InChI is InChI=1S/C13H22N2O5/c1-14-13(19)11(6-8-16)9-15(10-17)7-4-3-5-12(18)20-2/h9-10,16H,3-8H2,1-2H3,(H,14,19)/b11-9-. The van der Waals surface area contributed by atoms with Gasteiger partial charge in [-0.1, -0.05) is 0 Å². The molecule has 0 spiro atoms. The maximum Gasteiger partial charge on any atom is 0.305 e. The van der Waals surface area contributed by atoms with Crippen molar-refractivity contribution in [2.75, 3.05) is 27.3 Å². The Labute approximate surface area is 118 Å². The molecule has 2 amide bonds. The topological polar surface area (TPSA) is 95.9 Å². The number of esters is 1. The molecule has 0 atom stereocenters. The van der Waals surface area contributed by atoms with Crippen LogP contribution in [0.3, 0.4) is 0 Å². The van der Waals surface area contributed by atoms with E-state index in [0.717, 1.165) is 0 Å². The number of aliphatic hydroxyl groups excluding tert-OH is 1. The predicted molar refractivity (Wildman–Crippen MR) is 72.5 cm³/mol. The Morgan fingerprint density at radius 3 is 2.50 bits per heavy atom. The van der Waals surface area contributed by atoms with Gasteiger partial charge in [-0.05, 0) is 12.8 Å². The van der Waals surface area contributed by atoms with Gasteiger partial charge in [0.2, 0.25) is 12.3 Å². The van der Waals surface area contributed by atoms with Gasteiger partial charge in [0.15, 0.2) is 0 Å². The second-order valence-electron chi connectivity index (χ2n) is 4.08. The van der Waals surface area contributed by atoms with E-state index < -0.39 is 0 Å². The molecule has 0 aliphatic rings. The Kier molecular flexibility index (Phi) is 9.94. The smallest absolute Gasteiger partial charge is 0.305 e. The summed E-state index contributed by atoms with van der Waals surface area (Å²) in [6.45, 7) is 0.223. The van der Waals surface area contributed by atoms with Crippen molar-refractivity contribution < 1.29 is 24.2 Å². The third-order valence-corrected chi connectivity index (χ3v) is 2.63. The highest BCUT2D eigenvalue weighted by molar-refractivity contribution is 5.93. The summed E-state index contributed by atoms with van der Waals surface area (Å²) in [4.78, 5) is 34.7. The first-order chi connectivity index (χ1) is 9.58. The Hall–Kier alpha value is -1.89. The zero-order valence-corrected chi connectivity index (χ0v) is 11.9. The van der Waals surface area contributed by atoms with Gasteiger partial charge in [0.25, 0.3) is 0 Å². The van der Waals surface area contributed by atoms with E-state index in [0.29, 0.717) is 37.8 Å². The monoisotopic (exact) mass is 286 g/mol. The van der Waals surface area contributed by atoms with E-state index in [-0.39, 0.29) is 24.9 Å². The summed E-state index contributed by atoms with van der Waals surface area (Å²) in [5.74, 6) is -0.620. The lowest BCUT2D eigenvalue weighted by Crippen LogP contribution is -2.25. The van der Waals surface area contributed by atoms with Gasteiger partial charge in [-0.25, -0.2) is 0 Å². The van der Waals surface area contributed by atoms with Crippen LogP contribution in [0, 0.1) is 0 Å². The third-order valence-electron chi connectivity index (χ3n) is 2.63. The van der Waals surface area contributed by atoms with E-state index in [9.17, 15) is 14.4 Å². The number of aliphatic hydroxyl groups is 1. The van der Waals surface area contributed by atoms with Crippen molar-refractivity contribution >= 4 is 18.3 Å². The number of methoxy groups -OCH3 is 1. The zero-order chi connectivity index (χ0) is 15.4. The molecule has 0 fully saturated rings.